The Morgan fingerprint density at radius 3 is 1.00 bits per heavy atom. The minimum Gasteiger partial charge on any atom is -0.349 e. The van der Waals surface area contributed by atoms with E-state index in [1.807, 2.05) is 0 Å². The number of ether oxygens (including phenoxy) is 3. The van der Waals surface area contributed by atoms with Gasteiger partial charge in [-0.05, 0) is 0 Å². The second-order valence-electron chi connectivity index (χ2n) is 5.24. The van der Waals surface area contributed by atoms with Crippen LogP contribution in [0.25, 0.3) is 0 Å². The molecule has 0 fully saturated rings. The molecule has 0 radical (unpaired) electrons. The zero-order valence-corrected chi connectivity index (χ0v) is 14.4. The van der Waals surface area contributed by atoms with Crippen molar-refractivity contribution < 1.29 is 29.5 Å². The van der Waals surface area contributed by atoms with Crippen molar-refractivity contribution in [3.8, 4) is 0 Å². The molecule has 0 aliphatic heterocycles. The first-order valence-electron chi connectivity index (χ1n) is 6.85. The summed E-state index contributed by atoms with van der Waals surface area (Å²) in [6.07, 6.45) is 0. The van der Waals surface area contributed by atoms with Crippen molar-refractivity contribution >= 4 is 17.8 Å². The Bertz CT molecular complexity index is 464. The Morgan fingerprint density at radius 2 is 0.833 bits per heavy atom. The molecule has 1 aromatic rings. The highest BCUT2D eigenvalue weighted by molar-refractivity contribution is 5.43. The summed E-state index contributed by atoms with van der Waals surface area (Å²) in [5, 5.41) is 37.2. The minimum atomic E-state index is -1.76. The summed E-state index contributed by atoms with van der Waals surface area (Å²) in [7, 11) is 3.83. The van der Waals surface area contributed by atoms with Crippen molar-refractivity contribution in [3.63, 3.8) is 0 Å². The Morgan fingerprint density at radius 1 is 0.625 bits per heavy atom. The van der Waals surface area contributed by atoms with Gasteiger partial charge in [0, 0.05) is 42.1 Å². The van der Waals surface area contributed by atoms with Crippen LogP contribution in [0.1, 0.15) is 20.8 Å². The molecule has 0 aromatic carbocycles. The van der Waals surface area contributed by atoms with E-state index in [1.54, 1.807) is 0 Å². The highest BCUT2D eigenvalue weighted by atomic mass is 16.6. The number of methoxy groups -OCH3 is 3. The molecule has 12 heteroatoms. The lowest BCUT2D eigenvalue weighted by Crippen LogP contribution is -2.40. The van der Waals surface area contributed by atoms with Crippen molar-refractivity contribution in [2.45, 2.75) is 38.5 Å². The fourth-order valence-corrected chi connectivity index (χ4v) is 1.32. The summed E-state index contributed by atoms with van der Waals surface area (Å²) >= 11 is 0. The van der Waals surface area contributed by atoms with E-state index in [-0.39, 0.29) is 17.8 Å². The first-order chi connectivity index (χ1) is 10.9. The molecular weight excluding hydrogens is 324 g/mol. The Kier molecular flexibility index (Phi) is 6.21. The number of aromatic nitrogens is 3. The van der Waals surface area contributed by atoms with E-state index in [4.69, 9.17) is 14.2 Å². The van der Waals surface area contributed by atoms with Crippen LogP contribution in [-0.2, 0) is 14.2 Å². The van der Waals surface area contributed by atoms with Crippen LogP contribution in [0.2, 0.25) is 0 Å². The molecule has 138 valence electrons. The van der Waals surface area contributed by atoms with E-state index in [0.29, 0.717) is 0 Å². The third kappa shape index (κ3) is 6.35. The third-order valence-electron chi connectivity index (χ3n) is 2.86. The molecule has 0 spiro atoms. The maximum atomic E-state index is 9.89. The van der Waals surface area contributed by atoms with E-state index in [0.717, 1.165) is 0 Å². The highest BCUT2D eigenvalue weighted by Gasteiger charge is 2.26. The van der Waals surface area contributed by atoms with Gasteiger partial charge >= 0.3 is 0 Å². The molecule has 0 saturated heterocycles. The average Bonchev–Trinajstić information content (AvgIpc) is 2.45. The fourth-order valence-electron chi connectivity index (χ4n) is 1.32. The molecule has 24 heavy (non-hydrogen) atoms. The van der Waals surface area contributed by atoms with Crippen molar-refractivity contribution in [1.29, 1.82) is 0 Å². The lowest BCUT2D eigenvalue weighted by Gasteiger charge is -2.26. The van der Waals surface area contributed by atoms with Gasteiger partial charge in [0.15, 0.2) is 0 Å². The molecule has 0 bridgehead atoms. The third-order valence-corrected chi connectivity index (χ3v) is 2.86. The maximum absolute atomic E-state index is 9.89. The number of nitrogens with one attached hydrogen (secondary N) is 3. The van der Waals surface area contributed by atoms with Gasteiger partial charge in [-0.2, -0.15) is 15.0 Å². The normalized spacial score (nSPS) is 18.9. The molecular formula is C12H24N6O6. The zero-order valence-electron chi connectivity index (χ0n) is 14.4. The second kappa shape index (κ2) is 7.38. The van der Waals surface area contributed by atoms with Gasteiger partial charge in [-0.25, -0.2) is 0 Å². The Balaban J connectivity index is 3.18. The topological polar surface area (TPSA) is 163 Å². The van der Waals surface area contributed by atoms with Crippen molar-refractivity contribution in [2.75, 3.05) is 37.3 Å². The van der Waals surface area contributed by atoms with E-state index < -0.39 is 17.7 Å². The molecule has 12 nitrogen and oxygen atoms in total. The van der Waals surface area contributed by atoms with E-state index >= 15 is 0 Å². The molecule has 1 aromatic heterocycles. The van der Waals surface area contributed by atoms with Crippen molar-refractivity contribution in [2.24, 2.45) is 0 Å². The highest BCUT2D eigenvalue weighted by Crippen LogP contribution is 2.18. The average molecular weight is 348 g/mol. The van der Waals surface area contributed by atoms with Gasteiger partial charge in [-0.1, -0.05) is 0 Å². The largest absolute Gasteiger partial charge is 0.349 e. The van der Waals surface area contributed by atoms with Gasteiger partial charge in [-0.15, -0.1) is 0 Å². The molecule has 3 atom stereocenters. The van der Waals surface area contributed by atoms with Crippen LogP contribution in [0.15, 0.2) is 0 Å². The zero-order chi connectivity index (χ0) is 18.6. The van der Waals surface area contributed by atoms with Gasteiger partial charge in [0.1, 0.15) is 0 Å². The number of nitrogens with zero attached hydrogens (tertiary/aromatic N) is 3. The molecule has 1 rings (SSSR count). The first kappa shape index (κ1) is 20.2. The summed E-state index contributed by atoms with van der Waals surface area (Å²) in [5.41, 5.74) is 0. The maximum Gasteiger partial charge on any atom is 0.245 e. The number of rotatable bonds is 9. The molecule has 3 unspecified atom stereocenters. The molecule has 0 aliphatic carbocycles. The number of hydrogen-bond acceptors (Lipinski definition) is 12. The van der Waals surface area contributed by atoms with Crippen LogP contribution in [0.4, 0.5) is 17.8 Å². The summed E-state index contributed by atoms with van der Waals surface area (Å²) in [6.45, 7) is 3.98. The fraction of sp³-hybridized carbons (Fsp3) is 0.750. The van der Waals surface area contributed by atoms with E-state index in [1.165, 1.54) is 42.1 Å². The molecule has 1 heterocycles. The van der Waals surface area contributed by atoms with Crippen LogP contribution in [0.5, 0.6) is 0 Å². The lowest BCUT2D eigenvalue weighted by molar-refractivity contribution is -0.147. The van der Waals surface area contributed by atoms with E-state index in [2.05, 4.69) is 30.9 Å². The van der Waals surface area contributed by atoms with Crippen LogP contribution in [0, 0.1) is 0 Å². The molecule has 0 aliphatic rings. The van der Waals surface area contributed by atoms with Crippen molar-refractivity contribution in [3.05, 3.63) is 0 Å². The standard InChI is InChI=1S/C12H24N6O6/c1-10(19,22-4)16-7-13-8(17-11(2,20)23-5)15-9(14-7)18-12(3,21)24-6/h19-21H,1-6H3,(H3,13,14,15,16,17,18). The van der Waals surface area contributed by atoms with Crippen LogP contribution in [-0.4, -0.2) is 69.3 Å². The molecule has 0 saturated carbocycles. The molecule has 6 N–H and O–H groups in total. The SMILES string of the molecule is COC(C)(O)Nc1nc(NC(C)(O)OC)nc(NC(C)(O)OC)n1. The van der Waals surface area contributed by atoms with Crippen LogP contribution >= 0.6 is 0 Å². The Hall–Kier alpha value is -1.83. The lowest BCUT2D eigenvalue weighted by atomic mass is 10.5. The van der Waals surface area contributed by atoms with Crippen LogP contribution < -0.4 is 16.0 Å². The summed E-state index contributed by atoms with van der Waals surface area (Å²) in [5.74, 6) is -5.61. The number of hydrogen-bond donors (Lipinski definition) is 6. The van der Waals surface area contributed by atoms with Crippen molar-refractivity contribution in [1.82, 2.24) is 15.0 Å². The quantitative estimate of drug-likeness (QED) is 0.303. The smallest absolute Gasteiger partial charge is 0.245 e. The Labute approximate surface area is 139 Å². The van der Waals surface area contributed by atoms with Gasteiger partial charge in [0.2, 0.25) is 35.6 Å². The molecule has 0 amide bonds. The van der Waals surface area contributed by atoms with E-state index in [9.17, 15) is 15.3 Å². The summed E-state index contributed by atoms with van der Waals surface area (Å²) < 4.78 is 14.5. The number of anilines is 3. The van der Waals surface area contributed by atoms with Gasteiger partial charge in [0.25, 0.3) is 0 Å². The van der Waals surface area contributed by atoms with Crippen LogP contribution in [0.3, 0.4) is 0 Å². The van der Waals surface area contributed by atoms with Gasteiger partial charge in [-0.3, -0.25) is 0 Å². The number of aliphatic hydroxyl groups is 3. The van der Waals surface area contributed by atoms with Gasteiger partial charge in [0.05, 0.1) is 0 Å². The summed E-state index contributed by atoms with van der Waals surface area (Å²) in [6, 6.07) is 0. The first-order valence-corrected chi connectivity index (χ1v) is 6.85. The summed E-state index contributed by atoms with van der Waals surface area (Å²) in [4.78, 5) is 11.9. The van der Waals surface area contributed by atoms with Gasteiger partial charge < -0.3 is 45.5 Å². The monoisotopic (exact) mass is 348 g/mol. The predicted molar refractivity (Wildman–Crippen MR) is 83.6 cm³/mol. The second-order valence-corrected chi connectivity index (χ2v) is 5.24. The minimum absolute atomic E-state index is 0.111. The predicted octanol–water partition coefficient (Wildman–Crippen LogP) is -0.955.